The topological polar surface area (TPSA) is 24.5 Å². The van der Waals surface area contributed by atoms with Crippen LogP contribution in [0.2, 0.25) is 0 Å². The summed E-state index contributed by atoms with van der Waals surface area (Å²) < 4.78 is 5.57. The Kier molecular flexibility index (Phi) is 5.65. The number of nitrogens with zero attached hydrogens (tertiary/aromatic N) is 1. The minimum atomic E-state index is 0.163. The molecule has 1 N–H and O–H groups in total. The predicted octanol–water partition coefficient (Wildman–Crippen LogP) is 3.44. The molecule has 0 saturated carbocycles. The second kappa shape index (κ2) is 7.28. The fraction of sp³-hybridized carbons (Fsp3) is 0.667. The van der Waals surface area contributed by atoms with Crippen LogP contribution in [0.3, 0.4) is 0 Å². The van der Waals surface area contributed by atoms with E-state index in [0.717, 1.165) is 26.3 Å². The monoisotopic (exact) mass is 290 g/mol. The highest BCUT2D eigenvalue weighted by Crippen LogP contribution is 2.19. The Morgan fingerprint density at radius 1 is 1.24 bits per heavy atom. The standard InChI is InChI=1S/C18H30N2O/c1-18(2,3)19-12-15-7-9-17(10-8-15)20(4)13-16-6-5-11-21-14-16/h7-10,16,19H,5-6,11-14H2,1-4H3. The van der Waals surface area contributed by atoms with Gasteiger partial charge in [-0.15, -0.1) is 0 Å². The van der Waals surface area contributed by atoms with Gasteiger partial charge in [-0.3, -0.25) is 0 Å². The molecule has 0 radical (unpaired) electrons. The molecule has 1 unspecified atom stereocenters. The summed E-state index contributed by atoms with van der Waals surface area (Å²) in [7, 11) is 2.18. The van der Waals surface area contributed by atoms with Crippen molar-refractivity contribution >= 4 is 5.69 Å². The zero-order chi connectivity index (χ0) is 15.3. The molecule has 0 bridgehead atoms. The highest BCUT2D eigenvalue weighted by molar-refractivity contribution is 5.46. The number of hydrogen-bond acceptors (Lipinski definition) is 3. The summed E-state index contributed by atoms with van der Waals surface area (Å²) in [5.74, 6) is 0.672. The Balaban J connectivity index is 1.85. The maximum atomic E-state index is 5.57. The molecule has 1 aliphatic rings. The van der Waals surface area contributed by atoms with Crippen LogP contribution >= 0.6 is 0 Å². The highest BCUT2D eigenvalue weighted by Gasteiger charge is 2.16. The number of hydrogen-bond donors (Lipinski definition) is 1. The Bertz CT molecular complexity index is 416. The lowest BCUT2D eigenvalue weighted by atomic mass is 10.0. The van der Waals surface area contributed by atoms with Gasteiger partial charge in [0.1, 0.15) is 0 Å². The molecular formula is C18H30N2O. The van der Waals surface area contributed by atoms with Crippen molar-refractivity contribution in [2.45, 2.75) is 45.7 Å². The molecule has 1 saturated heterocycles. The Morgan fingerprint density at radius 2 is 1.95 bits per heavy atom. The van der Waals surface area contributed by atoms with Crippen LogP contribution in [0.15, 0.2) is 24.3 Å². The predicted molar refractivity (Wildman–Crippen MR) is 89.8 cm³/mol. The molecule has 3 nitrogen and oxygen atoms in total. The van der Waals surface area contributed by atoms with Crippen LogP contribution in [0.5, 0.6) is 0 Å². The first kappa shape index (κ1) is 16.3. The summed E-state index contributed by atoms with van der Waals surface area (Å²) in [5, 5.41) is 3.52. The lowest BCUT2D eigenvalue weighted by Crippen LogP contribution is -2.35. The summed E-state index contributed by atoms with van der Waals surface area (Å²) in [6.07, 6.45) is 2.49. The third-order valence-electron chi connectivity index (χ3n) is 3.99. The van der Waals surface area contributed by atoms with Gasteiger partial charge in [-0.1, -0.05) is 12.1 Å². The van der Waals surface area contributed by atoms with E-state index in [-0.39, 0.29) is 5.54 Å². The molecule has 1 aromatic carbocycles. The zero-order valence-corrected chi connectivity index (χ0v) is 14.0. The minimum absolute atomic E-state index is 0.163. The van der Waals surface area contributed by atoms with Gasteiger partial charge in [0.15, 0.2) is 0 Å². The van der Waals surface area contributed by atoms with E-state index in [4.69, 9.17) is 4.74 Å². The molecule has 1 aliphatic heterocycles. The van der Waals surface area contributed by atoms with Crippen molar-refractivity contribution in [2.24, 2.45) is 5.92 Å². The Morgan fingerprint density at radius 3 is 2.52 bits per heavy atom. The lowest BCUT2D eigenvalue weighted by Gasteiger charge is -2.28. The highest BCUT2D eigenvalue weighted by atomic mass is 16.5. The van der Waals surface area contributed by atoms with Crippen LogP contribution < -0.4 is 10.2 Å². The van der Waals surface area contributed by atoms with Gasteiger partial charge < -0.3 is 15.0 Å². The summed E-state index contributed by atoms with van der Waals surface area (Å²) in [5.41, 5.74) is 2.79. The SMILES string of the molecule is CN(CC1CCCOC1)c1ccc(CNC(C)(C)C)cc1. The first-order valence-corrected chi connectivity index (χ1v) is 8.07. The third-order valence-corrected chi connectivity index (χ3v) is 3.99. The van der Waals surface area contributed by atoms with Crippen LogP contribution in [0, 0.1) is 5.92 Å². The zero-order valence-electron chi connectivity index (χ0n) is 14.0. The van der Waals surface area contributed by atoms with Crippen LogP contribution in [-0.2, 0) is 11.3 Å². The number of anilines is 1. The maximum Gasteiger partial charge on any atom is 0.0511 e. The van der Waals surface area contributed by atoms with Gasteiger partial charge in [-0.05, 0) is 57.2 Å². The van der Waals surface area contributed by atoms with Crippen LogP contribution in [-0.4, -0.2) is 32.3 Å². The van der Waals surface area contributed by atoms with E-state index in [9.17, 15) is 0 Å². The van der Waals surface area contributed by atoms with E-state index in [1.54, 1.807) is 0 Å². The smallest absolute Gasteiger partial charge is 0.0511 e. The molecule has 21 heavy (non-hydrogen) atoms. The minimum Gasteiger partial charge on any atom is -0.381 e. The van der Waals surface area contributed by atoms with Gasteiger partial charge in [0.2, 0.25) is 0 Å². The van der Waals surface area contributed by atoms with Crippen molar-refractivity contribution in [3.8, 4) is 0 Å². The molecule has 1 atom stereocenters. The average molecular weight is 290 g/mol. The second-order valence-corrected chi connectivity index (χ2v) is 7.23. The molecule has 0 amide bonds. The van der Waals surface area contributed by atoms with Gasteiger partial charge in [-0.25, -0.2) is 0 Å². The van der Waals surface area contributed by atoms with Gasteiger partial charge in [0.05, 0.1) is 6.61 Å². The molecule has 3 heteroatoms. The van der Waals surface area contributed by atoms with Gasteiger partial charge in [0.25, 0.3) is 0 Å². The summed E-state index contributed by atoms with van der Waals surface area (Å²) >= 11 is 0. The van der Waals surface area contributed by atoms with Crippen molar-refractivity contribution in [3.63, 3.8) is 0 Å². The van der Waals surface area contributed by atoms with E-state index in [1.807, 2.05) is 0 Å². The van der Waals surface area contributed by atoms with Crippen molar-refractivity contribution in [2.75, 3.05) is 31.7 Å². The van der Waals surface area contributed by atoms with Crippen molar-refractivity contribution < 1.29 is 4.74 Å². The molecular weight excluding hydrogens is 260 g/mol. The fourth-order valence-corrected chi connectivity index (χ4v) is 2.68. The third kappa shape index (κ3) is 5.68. The van der Waals surface area contributed by atoms with Crippen LogP contribution in [0.25, 0.3) is 0 Å². The number of nitrogens with one attached hydrogen (secondary N) is 1. The first-order chi connectivity index (χ1) is 9.94. The summed E-state index contributed by atoms with van der Waals surface area (Å²) in [6, 6.07) is 8.90. The molecule has 0 spiro atoms. The molecule has 2 rings (SSSR count). The Labute approximate surface area is 129 Å². The van der Waals surface area contributed by atoms with Crippen molar-refractivity contribution in [1.29, 1.82) is 0 Å². The number of ether oxygens (including phenoxy) is 1. The van der Waals surface area contributed by atoms with Gasteiger partial charge >= 0.3 is 0 Å². The largest absolute Gasteiger partial charge is 0.381 e. The van der Waals surface area contributed by atoms with Gasteiger partial charge in [-0.2, -0.15) is 0 Å². The Hall–Kier alpha value is -1.06. The number of rotatable bonds is 5. The van der Waals surface area contributed by atoms with Crippen molar-refractivity contribution in [1.82, 2.24) is 5.32 Å². The van der Waals surface area contributed by atoms with E-state index in [2.05, 4.69) is 62.3 Å². The number of benzene rings is 1. The molecule has 1 aromatic rings. The molecule has 0 aromatic heterocycles. The quantitative estimate of drug-likeness (QED) is 0.899. The summed E-state index contributed by atoms with van der Waals surface area (Å²) in [4.78, 5) is 2.35. The molecule has 1 fully saturated rings. The second-order valence-electron chi connectivity index (χ2n) is 7.23. The van der Waals surface area contributed by atoms with Gasteiger partial charge in [0, 0.05) is 38.0 Å². The van der Waals surface area contributed by atoms with E-state index >= 15 is 0 Å². The first-order valence-electron chi connectivity index (χ1n) is 8.07. The van der Waals surface area contributed by atoms with E-state index in [1.165, 1.54) is 24.1 Å². The fourth-order valence-electron chi connectivity index (χ4n) is 2.68. The van der Waals surface area contributed by atoms with E-state index in [0.29, 0.717) is 5.92 Å². The van der Waals surface area contributed by atoms with E-state index < -0.39 is 0 Å². The lowest BCUT2D eigenvalue weighted by molar-refractivity contribution is 0.0576. The molecule has 0 aliphatic carbocycles. The molecule has 1 heterocycles. The van der Waals surface area contributed by atoms with Crippen LogP contribution in [0.4, 0.5) is 5.69 Å². The normalized spacial score (nSPS) is 19.5. The van der Waals surface area contributed by atoms with Crippen LogP contribution in [0.1, 0.15) is 39.2 Å². The van der Waals surface area contributed by atoms with Crippen molar-refractivity contribution in [3.05, 3.63) is 29.8 Å². The summed E-state index contributed by atoms with van der Waals surface area (Å²) in [6.45, 7) is 10.4. The molecule has 118 valence electrons. The average Bonchev–Trinajstić information content (AvgIpc) is 2.46. The maximum absolute atomic E-state index is 5.57.